The molecule has 2 heterocycles. The molecule has 2 aromatic heterocycles. The van der Waals surface area contributed by atoms with E-state index >= 15 is 0 Å². The summed E-state index contributed by atoms with van der Waals surface area (Å²) in [6.45, 7) is 2.02. The normalized spacial score (nSPS) is 12.7. The van der Waals surface area contributed by atoms with Crippen molar-refractivity contribution in [2.75, 3.05) is 0 Å². The number of fused-ring (bicyclic) bond motifs is 1. The number of benzene rings is 1. The van der Waals surface area contributed by atoms with E-state index in [4.69, 9.17) is 5.11 Å². The number of aromatic nitrogens is 3. The highest BCUT2D eigenvalue weighted by atomic mass is 32.1. The summed E-state index contributed by atoms with van der Waals surface area (Å²) in [7, 11) is 0. The van der Waals surface area contributed by atoms with Crippen molar-refractivity contribution in [2.45, 2.75) is 13.0 Å². The van der Waals surface area contributed by atoms with Gasteiger partial charge in [0.2, 0.25) is 0 Å². The number of nitrogens with zero attached hydrogens (tertiary/aromatic N) is 3. The van der Waals surface area contributed by atoms with Crippen LogP contribution in [0, 0.1) is 0 Å². The molecule has 0 amide bonds. The second kappa shape index (κ2) is 4.47. The Hall–Kier alpha value is -2.21. The van der Waals surface area contributed by atoms with Crippen molar-refractivity contribution in [1.29, 1.82) is 0 Å². The van der Waals surface area contributed by atoms with Gasteiger partial charge in [0, 0.05) is 11.6 Å². The van der Waals surface area contributed by atoms with E-state index in [1.807, 2.05) is 22.9 Å². The van der Waals surface area contributed by atoms with Gasteiger partial charge >= 0.3 is 5.97 Å². The summed E-state index contributed by atoms with van der Waals surface area (Å²) in [6, 6.07) is 5.21. The predicted molar refractivity (Wildman–Crippen MR) is 72.6 cm³/mol. The van der Waals surface area contributed by atoms with Crippen LogP contribution < -0.4 is 0 Å². The lowest BCUT2D eigenvalue weighted by Gasteiger charge is -2.11. The minimum absolute atomic E-state index is 0.0362. The maximum Gasteiger partial charge on any atom is 0.337 e. The fraction of sp³-hybridized carbons (Fsp3) is 0.154. The fourth-order valence-corrected chi connectivity index (χ4v) is 2.79. The second-order valence-corrected chi connectivity index (χ2v) is 5.10. The molecule has 0 bridgehead atoms. The Morgan fingerprint density at radius 1 is 1.42 bits per heavy atom. The maximum atomic E-state index is 11.2. The van der Waals surface area contributed by atoms with Crippen LogP contribution in [0.15, 0.2) is 36.1 Å². The number of para-hydroxylation sites is 1. The quantitative estimate of drug-likeness (QED) is 0.796. The molecule has 0 radical (unpaired) electrons. The zero-order valence-electron chi connectivity index (χ0n) is 10.1. The topological polar surface area (TPSA) is 68.0 Å². The molecule has 6 heteroatoms. The van der Waals surface area contributed by atoms with E-state index in [-0.39, 0.29) is 11.6 Å². The van der Waals surface area contributed by atoms with E-state index in [0.717, 1.165) is 10.5 Å². The first kappa shape index (κ1) is 11.9. The van der Waals surface area contributed by atoms with E-state index < -0.39 is 5.97 Å². The van der Waals surface area contributed by atoms with Crippen molar-refractivity contribution in [1.82, 2.24) is 14.5 Å². The van der Waals surface area contributed by atoms with Gasteiger partial charge in [-0.2, -0.15) is 0 Å². The molecule has 1 unspecified atom stereocenters. The summed E-state index contributed by atoms with van der Waals surface area (Å²) in [5, 5.41) is 12.1. The van der Waals surface area contributed by atoms with Gasteiger partial charge in [0.25, 0.3) is 0 Å². The number of aromatic carboxylic acids is 1. The van der Waals surface area contributed by atoms with E-state index in [1.54, 1.807) is 36.0 Å². The number of carboxylic acid groups (broad SMARTS) is 1. The minimum atomic E-state index is -0.960. The fourth-order valence-electron chi connectivity index (χ4n) is 2.10. The first-order valence-corrected chi connectivity index (χ1v) is 6.64. The lowest BCUT2D eigenvalue weighted by atomic mass is 10.2. The Balaban J connectivity index is 2.16. The van der Waals surface area contributed by atoms with Gasteiger partial charge in [0.1, 0.15) is 10.5 Å². The first-order valence-electron chi connectivity index (χ1n) is 5.76. The summed E-state index contributed by atoms with van der Waals surface area (Å²) >= 11 is 1.57. The van der Waals surface area contributed by atoms with Gasteiger partial charge in [-0.1, -0.05) is 6.07 Å². The Morgan fingerprint density at radius 2 is 2.26 bits per heavy atom. The van der Waals surface area contributed by atoms with Gasteiger partial charge < -0.3 is 9.67 Å². The average molecular weight is 273 g/mol. The molecule has 5 nitrogen and oxygen atoms in total. The van der Waals surface area contributed by atoms with E-state index in [2.05, 4.69) is 9.97 Å². The molecular formula is C13H11N3O2S. The zero-order chi connectivity index (χ0) is 13.4. The average Bonchev–Trinajstić information content (AvgIpc) is 3.06. The van der Waals surface area contributed by atoms with Crippen LogP contribution in [0.2, 0.25) is 0 Å². The standard InChI is InChI=1S/C13H11N3O2S/c1-8(12-14-5-6-19-12)16-7-15-11-9(13(17)18)3-2-4-10(11)16/h2-8H,1H3,(H,17,18). The number of rotatable bonds is 3. The molecule has 0 aliphatic heterocycles. The number of carbonyl (C=O) groups is 1. The number of hydrogen-bond acceptors (Lipinski definition) is 4. The third-order valence-corrected chi connectivity index (χ3v) is 4.01. The van der Waals surface area contributed by atoms with Gasteiger partial charge in [-0.25, -0.2) is 14.8 Å². The highest BCUT2D eigenvalue weighted by molar-refractivity contribution is 7.09. The van der Waals surface area contributed by atoms with Crippen LogP contribution in [-0.2, 0) is 0 Å². The van der Waals surface area contributed by atoms with Crippen LogP contribution in [-0.4, -0.2) is 25.6 Å². The Morgan fingerprint density at radius 3 is 2.95 bits per heavy atom. The molecule has 0 saturated heterocycles. The van der Waals surface area contributed by atoms with Crippen molar-refractivity contribution < 1.29 is 9.90 Å². The summed E-state index contributed by atoms with van der Waals surface area (Å²) in [6.07, 6.45) is 3.43. The Bertz CT molecular complexity index is 734. The highest BCUT2D eigenvalue weighted by Gasteiger charge is 2.17. The van der Waals surface area contributed by atoms with E-state index in [1.165, 1.54) is 0 Å². The number of hydrogen-bond donors (Lipinski definition) is 1. The zero-order valence-corrected chi connectivity index (χ0v) is 11.0. The largest absolute Gasteiger partial charge is 0.478 e. The Labute approximate surface area is 113 Å². The molecule has 0 aliphatic rings. The first-order chi connectivity index (χ1) is 9.18. The monoisotopic (exact) mass is 273 g/mol. The van der Waals surface area contributed by atoms with Crippen molar-refractivity contribution >= 4 is 28.3 Å². The SMILES string of the molecule is CC(c1nccs1)n1cnc2c(C(=O)O)cccc21. The number of imidazole rings is 1. The number of thiazole rings is 1. The summed E-state index contributed by atoms with van der Waals surface area (Å²) in [5.41, 5.74) is 1.54. The van der Waals surface area contributed by atoms with Crippen LogP contribution in [0.5, 0.6) is 0 Å². The molecule has 1 atom stereocenters. The molecule has 1 aromatic carbocycles. The summed E-state index contributed by atoms with van der Waals surface area (Å²) in [4.78, 5) is 19.7. The molecule has 0 aliphatic carbocycles. The van der Waals surface area contributed by atoms with Crippen molar-refractivity contribution in [3.63, 3.8) is 0 Å². The maximum absolute atomic E-state index is 11.2. The van der Waals surface area contributed by atoms with Crippen molar-refractivity contribution in [3.05, 3.63) is 46.7 Å². The minimum Gasteiger partial charge on any atom is -0.478 e. The van der Waals surface area contributed by atoms with Crippen LogP contribution in [0.4, 0.5) is 0 Å². The van der Waals surface area contributed by atoms with Crippen LogP contribution in [0.25, 0.3) is 11.0 Å². The van der Waals surface area contributed by atoms with Gasteiger partial charge in [0.05, 0.1) is 23.4 Å². The molecule has 0 spiro atoms. The smallest absolute Gasteiger partial charge is 0.337 e. The summed E-state index contributed by atoms with van der Waals surface area (Å²) < 4.78 is 1.95. The van der Waals surface area contributed by atoms with Gasteiger partial charge in [0.15, 0.2) is 0 Å². The molecule has 3 aromatic rings. The van der Waals surface area contributed by atoms with Gasteiger partial charge in [-0.05, 0) is 19.1 Å². The molecule has 19 heavy (non-hydrogen) atoms. The van der Waals surface area contributed by atoms with E-state index in [0.29, 0.717) is 5.52 Å². The van der Waals surface area contributed by atoms with Crippen molar-refractivity contribution in [2.24, 2.45) is 0 Å². The van der Waals surface area contributed by atoms with E-state index in [9.17, 15) is 4.79 Å². The van der Waals surface area contributed by atoms with Crippen LogP contribution in [0.1, 0.15) is 28.3 Å². The Kier molecular flexibility index (Phi) is 2.79. The van der Waals surface area contributed by atoms with Gasteiger partial charge in [-0.15, -0.1) is 11.3 Å². The molecule has 96 valence electrons. The van der Waals surface area contributed by atoms with Crippen LogP contribution in [0.3, 0.4) is 0 Å². The highest BCUT2D eigenvalue weighted by Crippen LogP contribution is 2.26. The second-order valence-electron chi connectivity index (χ2n) is 4.18. The lowest BCUT2D eigenvalue weighted by Crippen LogP contribution is -2.05. The lowest BCUT2D eigenvalue weighted by molar-refractivity contribution is 0.0699. The molecule has 3 rings (SSSR count). The predicted octanol–water partition coefficient (Wildman–Crippen LogP) is 2.80. The molecular weight excluding hydrogens is 262 g/mol. The third kappa shape index (κ3) is 1.90. The third-order valence-electron chi connectivity index (χ3n) is 3.06. The molecule has 0 fully saturated rings. The van der Waals surface area contributed by atoms with Crippen LogP contribution >= 0.6 is 11.3 Å². The number of carboxylic acids is 1. The molecule has 1 N–H and O–H groups in total. The summed E-state index contributed by atoms with van der Waals surface area (Å²) in [5.74, 6) is -0.960. The van der Waals surface area contributed by atoms with Crippen molar-refractivity contribution in [3.8, 4) is 0 Å². The molecule has 0 saturated carbocycles. The van der Waals surface area contributed by atoms with Gasteiger partial charge in [-0.3, -0.25) is 0 Å².